The molecule has 0 unspecified atom stereocenters. The third-order valence-corrected chi connectivity index (χ3v) is 4.63. The summed E-state index contributed by atoms with van der Waals surface area (Å²) >= 11 is 1.40. The number of benzene rings is 2. The topological polar surface area (TPSA) is 60.5 Å². The van der Waals surface area contributed by atoms with Gasteiger partial charge in [0, 0.05) is 0 Å². The van der Waals surface area contributed by atoms with E-state index >= 15 is 0 Å². The molecule has 3 aromatic rings. The Morgan fingerprint density at radius 1 is 1.21 bits per heavy atom. The zero-order valence-electron chi connectivity index (χ0n) is 13.8. The van der Waals surface area contributed by atoms with Crippen LogP contribution >= 0.6 is 11.3 Å². The van der Waals surface area contributed by atoms with E-state index in [0.717, 1.165) is 15.8 Å². The highest BCUT2D eigenvalue weighted by Gasteiger charge is 2.11. The first-order valence-electron chi connectivity index (χ1n) is 7.50. The second-order valence-corrected chi connectivity index (χ2v) is 6.44. The molecule has 5 nitrogen and oxygen atoms in total. The van der Waals surface area contributed by atoms with Gasteiger partial charge in [0.15, 0.2) is 11.7 Å². The lowest BCUT2D eigenvalue weighted by molar-refractivity contribution is -0.118. The van der Waals surface area contributed by atoms with Gasteiger partial charge in [-0.05, 0) is 49.2 Å². The molecule has 24 heavy (non-hydrogen) atoms. The van der Waals surface area contributed by atoms with Gasteiger partial charge in [0.05, 0.1) is 11.8 Å². The first-order chi connectivity index (χ1) is 11.6. The van der Waals surface area contributed by atoms with Crippen LogP contribution in [0.5, 0.6) is 11.5 Å². The minimum Gasteiger partial charge on any atom is -0.494 e. The molecule has 0 atom stereocenters. The number of nitrogens with zero attached hydrogens (tertiary/aromatic N) is 1. The maximum atomic E-state index is 12.1. The molecule has 6 heteroatoms. The molecule has 1 N–H and O–H groups in total. The molecule has 1 amide bonds. The molecule has 1 aromatic heterocycles. The van der Waals surface area contributed by atoms with E-state index in [1.54, 1.807) is 7.11 Å². The number of para-hydroxylation sites is 1. The third kappa shape index (κ3) is 3.49. The van der Waals surface area contributed by atoms with E-state index < -0.39 is 0 Å². The minimum atomic E-state index is -0.244. The summed E-state index contributed by atoms with van der Waals surface area (Å²) in [6.07, 6.45) is 0. The van der Waals surface area contributed by atoms with E-state index in [1.165, 1.54) is 16.9 Å². The number of carbonyl (C=O) groups is 1. The van der Waals surface area contributed by atoms with Crippen LogP contribution in [-0.2, 0) is 4.79 Å². The second-order valence-electron chi connectivity index (χ2n) is 5.41. The molecule has 0 radical (unpaired) electrons. The Balaban J connectivity index is 1.65. The molecule has 0 saturated carbocycles. The maximum absolute atomic E-state index is 12.1. The van der Waals surface area contributed by atoms with Crippen LogP contribution in [0.3, 0.4) is 0 Å². The van der Waals surface area contributed by atoms with Gasteiger partial charge in [0.2, 0.25) is 0 Å². The quantitative estimate of drug-likeness (QED) is 0.763. The Bertz CT molecular complexity index is 889. The summed E-state index contributed by atoms with van der Waals surface area (Å²) in [7, 11) is 1.60. The SMILES string of the molecule is COc1cccc2sc(NC(=O)COc3ccc(C)c(C)c3)nc12. The lowest BCUT2D eigenvalue weighted by Gasteiger charge is -2.07. The average molecular weight is 342 g/mol. The van der Waals surface area contributed by atoms with Crippen molar-refractivity contribution in [2.75, 3.05) is 19.0 Å². The molecule has 0 aliphatic heterocycles. The minimum absolute atomic E-state index is 0.0600. The molecular formula is C18H18N2O3S. The number of carbonyl (C=O) groups excluding carboxylic acids is 1. The summed E-state index contributed by atoms with van der Waals surface area (Å²) in [4.78, 5) is 16.5. The van der Waals surface area contributed by atoms with Crippen LogP contribution in [0.15, 0.2) is 36.4 Å². The normalized spacial score (nSPS) is 10.6. The highest BCUT2D eigenvalue weighted by atomic mass is 32.1. The summed E-state index contributed by atoms with van der Waals surface area (Å²) in [6.45, 7) is 3.99. The van der Waals surface area contributed by atoms with E-state index in [-0.39, 0.29) is 12.5 Å². The number of nitrogens with one attached hydrogen (secondary N) is 1. The third-order valence-electron chi connectivity index (χ3n) is 3.70. The van der Waals surface area contributed by atoms with Crippen molar-refractivity contribution in [3.05, 3.63) is 47.5 Å². The summed E-state index contributed by atoms with van der Waals surface area (Å²) in [5.41, 5.74) is 3.07. The van der Waals surface area contributed by atoms with Gasteiger partial charge in [-0.3, -0.25) is 10.1 Å². The lowest BCUT2D eigenvalue weighted by atomic mass is 10.1. The van der Waals surface area contributed by atoms with Crippen molar-refractivity contribution in [3.8, 4) is 11.5 Å². The predicted molar refractivity (Wildman–Crippen MR) is 96.2 cm³/mol. The van der Waals surface area contributed by atoms with E-state index in [9.17, 15) is 4.79 Å². The van der Waals surface area contributed by atoms with Gasteiger partial charge < -0.3 is 9.47 Å². The first-order valence-corrected chi connectivity index (χ1v) is 8.32. The fourth-order valence-electron chi connectivity index (χ4n) is 2.25. The van der Waals surface area contributed by atoms with Crippen molar-refractivity contribution in [2.24, 2.45) is 0 Å². The summed E-state index contributed by atoms with van der Waals surface area (Å²) in [5, 5.41) is 3.30. The van der Waals surface area contributed by atoms with Crippen LogP contribution in [0.2, 0.25) is 0 Å². The molecule has 0 spiro atoms. The van der Waals surface area contributed by atoms with Crippen molar-refractivity contribution < 1.29 is 14.3 Å². The van der Waals surface area contributed by atoms with Gasteiger partial charge in [0.1, 0.15) is 17.0 Å². The van der Waals surface area contributed by atoms with Crippen LogP contribution in [0.4, 0.5) is 5.13 Å². The monoisotopic (exact) mass is 342 g/mol. The number of amides is 1. The summed E-state index contributed by atoms with van der Waals surface area (Å²) in [6, 6.07) is 11.4. The van der Waals surface area contributed by atoms with E-state index in [0.29, 0.717) is 16.6 Å². The number of anilines is 1. The van der Waals surface area contributed by atoms with E-state index in [1.807, 2.05) is 50.2 Å². The first kappa shape index (κ1) is 16.3. The Morgan fingerprint density at radius 2 is 2.04 bits per heavy atom. The number of ether oxygens (including phenoxy) is 2. The van der Waals surface area contributed by atoms with Gasteiger partial charge in [-0.1, -0.05) is 23.5 Å². The fraction of sp³-hybridized carbons (Fsp3) is 0.222. The highest BCUT2D eigenvalue weighted by molar-refractivity contribution is 7.22. The molecule has 2 aromatic carbocycles. The van der Waals surface area contributed by atoms with Gasteiger partial charge in [-0.15, -0.1) is 0 Å². The number of hydrogen-bond acceptors (Lipinski definition) is 5. The molecule has 0 aliphatic carbocycles. The highest BCUT2D eigenvalue weighted by Crippen LogP contribution is 2.32. The molecule has 0 bridgehead atoms. The molecule has 0 aliphatic rings. The lowest BCUT2D eigenvalue weighted by Crippen LogP contribution is -2.20. The predicted octanol–water partition coefficient (Wildman–Crippen LogP) is 3.94. The molecular weight excluding hydrogens is 324 g/mol. The number of rotatable bonds is 5. The number of aromatic nitrogens is 1. The van der Waals surface area contributed by atoms with Gasteiger partial charge in [-0.25, -0.2) is 4.98 Å². The number of thiazole rings is 1. The molecule has 1 heterocycles. The van der Waals surface area contributed by atoms with Gasteiger partial charge >= 0.3 is 0 Å². The zero-order valence-corrected chi connectivity index (χ0v) is 14.6. The Kier molecular flexibility index (Phi) is 4.66. The van der Waals surface area contributed by atoms with Crippen molar-refractivity contribution in [1.82, 2.24) is 4.98 Å². The van der Waals surface area contributed by atoms with Crippen molar-refractivity contribution in [1.29, 1.82) is 0 Å². The van der Waals surface area contributed by atoms with Crippen molar-refractivity contribution in [3.63, 3.8) is 0 Å². The summed E-state index contributed by atoms with van der Waals surface area (Å²) < 4.78 is 11.8. The van der Waals surface area contributed by atoms with Crippen LogP contribution in [0.1, 0.15) is 11.1 Å². The number of aryl methyl sites for hydroxylation is 2. The average Bonchev–Trinajstić information content (AvgIpc) is 2.98. The number of fused-ring (bicyclic) bond motifs is 1. The Morgan fingerprint density at radius 3 is 2.79 bits per heavy atom. The molecule has 0 saturated heterocycles. The number of hydrogen-bond donors (Lipinski definition) is 1. The van der Waals surface area contributed by atoms with Crippen molar-refractivity contribution >= 4 is 32.6 Å². The van der Waals surface area contributed by atoms with Crippen LogP contribution in [-0.4, -0.2) is 24.6 Å². The fourth-order valence-corrected chi connectivity index (χ4v) is 3.15. The van der Waals surface area contributed by atoms with Gasteiger partial charge in [0.25, 0.3) is 5.91 Å². The molecule has 124 valence electrons. The molecule has 3 rings (SSSR count). The van der Waals surface area contributed by atoms with E-state index in [2.05, 4.69) is 10.3 Å². The number of methoxy groups -OCH3 is 1. The zero-order chi connectivity index (χ0) is 17.1. The Hall–Kier alpha value is -2.60. The van der Waals surface area contributed by atoms with Gasteiger partial charge in [-0.2, -0.15) is 0 Å². The van der Waals surface area contributed by atoms with Crippen molar-refractivity contribution in [2.45, 2.75) is 13.8 Å². The molecule has 0 fully saturated rings. The summed E-state index contributed by atoms with van der Waals surface area (Å²) in [5.74, 6) is 1.13. The second kappa shape index (κ2) is 6.88. The van der Waals surface area contributed by atoms with Crippen LogP contribution in [0.25, 0.3) is 10.2 Å². The van der Waals surface area contributed by atoms with Crippen LogP contribution < -0.4 is 14.8 Å². The van der Waals surface area contributed by atoms with Crippen LogP contribution in [0, 0.1) is 13.8 Å². The largest absolute Gasteiger partial charge is 0.494 e. The Labute approximate surface area is 144 Å². The maximum Gasteiger partial charge on any atom is 0.264 e. The standard InChI is InChI=1S/C18H18N2O3S/c1-11-7-8-13(9-12(11)2)23-10-16(21)19-18-20-17-14(22-3)5-4-6-15(17)24-18/h4-9H,10H2,1-3H3,(H,19,20,21). The smallest absolute Gasteiger partial charge is 0.264 e. The van der Waals surface area contributed by atoms with E-state index in [4.69, 9.17) is 9.47 Å².